The van der Waals surface area contributed by atoms with E-state index in [1.54, 1.807) is 24.3 Å². The van der Waals surface area contributed by atoms with E-state index in [2.05, 4.69) is 17.5 Å². The minimum Gasteiger partial charge on any atom is -0.478 e. The normalized spacial score (nSPS) is 16.7. The lowest BCUT2D eigenvalue weighted by Gasteiger charge is -2.32. The number of aromatic carboxylic acids is 1. The largest absolute Gasteiger partial charge is 0.478 e. The maximum Gasteiger partial charge on any atom is 0.335 e. The van der Waals surface area contributed by atoms with Crippen molar-refractivity contribution in [2.75, 3.05) is 16.8 Å². The molecule has 0 saturated heterocycles. The highest BCUT2D eigenvalue weighted by Gasteiger charge is 2.45. The summed E-state index contributed by atoms with van der Waals surface area (Å²) in [6.07, 6.45) is 3.75. The van der Waals surface area contributed by atoms with E-state index in [1.165, 1.54) is 0 Å². The fourth-order valence-electron chi connectivity index (χ4n) is 3.88. The van der Waals surface area contributed by atoms with Crippen LogP contribution in [-0.2, 0) is 17.8 Å². The molecule has 1 amide bonds. The van der Waals surface area contributed by atoms with E-state index in [1.807, 2.05) is 17.0 Å². The van der Waals surface area contributed by atoms with Gasteiger partial charge in [0.2, 0.25) is 5.91 Å². The Kier molecular flexibility index (Phi) is 4.98. The number of carboxylic acid groups (broad SMARTS) is 1. The van der Waals surface area contributed by atoms with Crippen LogP contribution in [0.2, 0.25) is 0 Å². The van der Waals surface area contributed by atoms with E-state index in [-0.39, 0.29) is 16.9 Å². The molecule has 0 spiro atoms. The van der Waals surface area contributed by atoms with Crippen molar-refractivity contribution in [2.24, 2.45) is 5.41 Å². The van der Waals surface area contributed by atoms with Crippen molar-refractivity contribution in [3.05, 3.63) is 59.2 Å². The predicted molar refractivity (Wildman–Crippen MR) is 110 cm³/mol. The van der Waals surface area contributed by atoms with E-state index in [0.717, 1.165) is 41.8 Å². The maximum atomic E-state index is 12.5. The number of fused-ring (bicyclic) bond motifs is 1. The molecule has 2 aromatic rings. The minimum absolute atomic E-state index is 0.0158. The lowest BCUT2D eigenvalue weighted by molar-refractivity contribution is -0.119. The van der Waals surface area contributed by atoms with Gasteiger partial charge in [-0.3, -0.25) is 4.79 Å². The molecule has 2 aliphatic rings. The van der Waals surface area contributed by atoms with E-state index in [4.69, 9.17) is 10.4 Å². The average Bonchev–Trinajstić information content (AvgIpc) is 3.48. The van der Waals surface area contributed by atoms with E-state index in [9.17, 15) is 9.59 Å². The summed E-state index contributed by atoms with van der Waals surface area (Å²) in [7, 11) is 0. The number of carbonyl (C=O) groups excluding carboxylic acids is 1. The number of hydrogen-bond acceptors (Lipinski definition) is 4. The van der Waals surface area contributed by atoms with E-state index < -0.39 is 5.97 Å². The summed E-state index contributed by atoms with van der Waals surface area (Å²) in [6, 6.07) is 15.1. The third-order valence-electron chi connectivity index (χ3n) is 5.88. The molecule has 29 heavy (non-hydrogen) atoms. The van der Waals surface area contributed by atoms with Gasteiger partial charge in [0.1, 0.15) is 0 Å². The Bertz CT molecular complexity index is 987. The van der Waals surface area contributed by atoms with Crippen LogP contribution in [0.15, 0.2) is 42.5 Å². The molecule has 6 heteroatoms. The van der Waals surface area contributed by atoms with Crippen LogP contribution >= 0.6 is 0 Å². The summed E-state index contributed by atoms with van der Waals surface area (Å²) in [6.45, 7) is 1.22. The number of carboxylic acids is 1. The van der Waals surface area contributed by atoms with Crippen LogP contribution in [0.4, 0.5) is 11.4 Å². The second kappa shape index (κ2) is 7.59. The molecule has 4 rings (SSSR count). The quantitative estimate of drug-likeness (QED) is 0.747. The van der Waals surface area contributed by atoms with Gasteiger partial charge in [-0.05, 0) is 60.7 Å². The molecule has 0 unspecified atom stereocenters. The number of anilines is 2. The first-order chi connectivity index (χ1) is 14.0. The van der Waals surface area contributed by atoms with Gasteiger partial charge in [0, 0.05) is 42.7 Å². The molecule has 1 fully saturated rings. The van der Waals surface area contributed by atoms with Gasteiger partial charge in [-0.15, -0.1) is 0 Å². The zero-order valence-corrected chi connectivity index (χ0v) is 16.1. The smallest absolute Gasteiger partial charge is 0.335 e. The molecule has 0 radical (unpaired) electrons. The highest BCUT2D eigenvalue weighted by Crippen LogP contribution is 2.50. The molecule has 6 nitrogen and oxygen atoms in total. The first-order valence-corrected chi connectivity index (χ1v) is 9.86. The molecule has 2 N–H and O–H groups in total. The summed E-state index contributed by atoms with van der Waals surface area (Å²) in [5, 5.41) is 21.4. The van der Waals surface area contributed by atoms with E-state index in [0.29, 0.717) is 25.9 Å². The van der Waals surface area contributed by atoms with Gasteiger partial charge < -0.3 is 15.3 Å². The number of rotatable bonds is 7. The Morgan fingerprint density at radius 3 is 2.59 bits per heavy atom. The zero-order valence-electron chi connectivity index (χ0n) is 16.1. The molecule has 2 aromatic carbocycles. The lowest BCUT2D eigenvalue weighted by Crippen LogP contribution is -2.39. The second-order valence-electron chi connectivity index (χ2n) is 8.01. The van der Waals surface area contributed by atoms with Crippen LogP contribution in [-0.4, -0.2) is 23.5 Å². The number of nitrogens with one attached hydrogen (secondary N) is 1. The SMILES string of the molecule is N#CCC1(CN2C(=O)CCc3cc(NCc4ccc(C(=O)O)cc4)ccc32)CC1. The number of nitrogens with zero attached hydrogens (tertiary/aromatic N) is 2. The molecule has 1 aliphatic heterocycles. The van der Waals surface area contributed by atoms with Gasteiger partial charge in [0.15, 0.2) is 0 Å². The highest BCUT2D eigenvalue weighted by atomic mass is 16.4. The Morgan fingerprint density at radius 2 is 1.93 bits per heavy atom. The third-order valence-corrected chi connectivity index (χ3v) is 5.88. The van der Waals surface area contributed by atoms with Crippen LogP contribution in [0.25, 0.3) is 0 Å². The monoisotopic (exact) mass is 389 g/mol. The Balaban J connectivity index is 1.46. The van der Waals surface area contributed by atoms with Crippen LogP contribution in [0.3, 0.4) is 0 Å². The average molecular weight is 389 g/mol. The molecule has 148 valence electrons. The number of carbonyl (C=O) groups is 2. The fourth-order valence-corrected chi connectivity index (χ4v) is 3.88. The van der Waals surface area contributed by atoms with Crippen LogP contribution in [0.5, 0.6) is 0 Å². The predicted octanol–water partition coefficient (Wildman–Crippen LogP) is 3.97. The van der Waals surface area contributed by atoms with Crippen molar-refractivity contribution >= 4 is 23.3 Å². The van der Waals surface area contributed by atoms with E-state index >= 15 is 0 Å². The van der Waals surface area contributed by atoms with Gasteiger partial charge in [-0.1, -0.05) is 12.1 Å². The summed E-state index contributed by atoms with van der Waals surface area (Å²) in [5.74, 6) is -0.790. The van der Waals surface area contributed by atoms with Gasteiger partial charge >= 0.3 is 5.97 Å². The second-order valence-corrected chi connectivity index (χ2v) is 8.01. The zero-order chi connectivity index (χ0) is 20.4. The van der Waals surface area contributed by atoms with Gasteiger partial charge in [0.05, 0.1) is 11.6 Å². The van der Waals surface area contributed by atoms with Gasteiger partial charge in [-0.2, -0.15) is 5.26 Å². The first kappa shape index (κ1) is 19.0. The standard InChI is InChI=1S/C23H23N3O3/c24-12-11-23(9-10-23)15-26-20-7-6-19(13-18(20)5-8-21(26)27)25-14-16-1-3-17(4-2-16)22(28)29/h1-4,6-7,13,25H,5,8-11,14-15H2,(H,28,29). The molecule has 1 heterocycles. The van der Waals surface area contributed by atoms with Crippen LogP contribution in [0.1, 0.15) is 47.2 Å². The lowest BCUT2D eigenvalue weighted by atomic mass is 9.96. The maximum absolute atomic E-state index is 12.5. The number of aryl methyl sites for hydroxylation is 1. The topological polar surface area (TPSA) is 93.4 Å². The van der Waals surface area contributed by atoms with Crippen molar-refractivity contribution < 1.29 is 14.7 Å². The van der Waals surface area contributed by atoms with Gasteiger partial charge in [0.25, 0.3) is 0 Å². The number of hydrogen-bond donors (Lipinski definition) is 2. The summed E-state index contributed by atoms with van der Waals surface area (Å²) in [5.41, 5.74) is 4.33. The number of amides is 1. The third kappa shape index (κ3) is 4.09. The summed E-state index contributed by atoms with van der Waals surface area (Å²) < 4.78 is 0. The van der Waals surface area contributed by atoms with Crippen LogP contribution in [0, 0.1) is 16.7 Å². The highest BCUT2D eigenvalue weighted by molar-refractivity contribution is 5.97. The Hall–Kier alpha value is -3.33. The minimum atomic E-state index is -0.930. The number of benzene rings is 2. The molecular weight excluding hydrogens is 366 g/mol. The Morgan fingerprint density at radius 1 is 1.17 bits per heavy atom. The molecule has 1 aliphatic carbocycles. The molecule has 0 atom stereocenters. The summed E-state index contributed by atoms with van der Waals surface area (Å²) >= 11 is 0. The Labute approximate surface area is 169 Å². The van der Waals surface area contributed by atoms with Gasteiger partial charge in [-0.25, -0.2) is 4.79 Å². The van der Waals surface area contributed by atoms with Crippen molar-refractivity contribution in [3.8, 4) is 6.07 Å². The first-order valence-electron chi connectivity index (χ1n) is 9.86. The fraction of sp³-hybridized carbons (Fsp3) is 0.348. The molecule has 1 saturated carbocycles. The van der Waals surface area contributed by atoms with Crippen LogP contribution < -0.4 is 10.2 Å². The molecule has 0 aromatic heterocycles. The molecule has 0 bridgehead atoms. The van der Waals surface area contributed by atoms with Crippen molar-refractivity contribution in [1.29, 1.82) is 5.26 Å². The van der Waals surface area contributed by atoms with Crippen molar-refractivity contribution in [3.63, 3.8) is 0 Å². The van der Waals surface area contributed by atoms with Crippen molar-refractivity contribution in [2.45, 2.75) is 38.6 Å². The van der Waals surface area contributed by atoms with Crippen molar-refractivity contribution in [1.82, 2.24) is 0 Å². The number of nitriles is 1. The molecular formula is C23H23N3O3. The summed E-state index contributed by atoms with van der Waals surface area (Å²) in [4.78, 5) is 25.3.